The molecule has 1 fully saturated rings. The third kappa shape index (κ3) is 3.53. The van der Waals surface area contributed by atoms with Gasteiger partial charge in [-0.25, -0.2) is 4.79 Å². The lowest BCUT2D eigenvalue weighted by Gasteiger charge is -2.18. The number of hydrogen-bond acceptors (Lipinski definition) is 3. The predicted molar refractivity (Wildman–Crippen MR) is 124 cm³/mol. The Hall–Kier alpha value is -3.31. The van der Waals surface area contributed by atoms with Gasteiger partial charge in [0.2, 0.25) is 5.91 Å². The topological polar surface area (TPSA) is 75.6 Å². The van der Waals surface area contributed by atoms with Crippen molar-refractivity contribution in [2.75, 3.05) is 11.9 Å². The minimum atomic E-state index is -1.01. The maximum absolute atomic E-state index is 13.3. The summed E-state index contributed by atoms with van der Waals surface area (Å²) < 4.78 is 5.59. The molecule has 1 amide bonds. The number of carboxylic acids is 1. The number of hydrogen-bond donors (Lipinski definition) is 2. The Morgan fingerprint density at radius 3 is 2.59 bits per heavy atom. The molecule has 0 unspecified atom stereocenters. The maximum Gasteiger partial charge on any atom is 0.335 e. The summed E-state index contributed by atoms with van der Waals surface area (Å²) in [5, 5.41) is 12.9. The fourth-order valence-corrected chi connectivity index (χ4v) is 4.58. The summed E-state index contributed by atoms with van der Waals surface area (Å²) in [6.07, 6.45) is 2.49. The second-order valence-corrected chi connectivity index (χ2v) is 8.89. The standard InChI is InChI=1S/C26H22ClNO4/c1-15-2-5-19(14-20(15)21-13-17(24(29)30)3-6-22(21)27)28-25(31)26(9-10-26)18-4-7-23-16(12-18)8-11-32-23/h2-7,12-14H,8-11H2,1H3,(H,28,31)(H,29,30). The zero-order chi connectivity index (χ0) is 22.5. The number of fused-ring (bicyclic) bond motifs is 1. The van der Waals surface area contributed by atoms with Crippen LogP contribution < -0.4 is 10.1 Å². The number of carbonyl (C=O) groups is 2. The van der Waals surface area contributed by atoms with Crippen LogP contribution in [0.15, 0.2) is 54.6 Å². The third-order valence-corrected chi connectivity index (χ3v) is 6.76. The SMILES string of the molecule is Cc1ccc(NC(=O)C2(c3ccc4c(c3)CCO4)CC2)cc1-c1cc(C(=O)O)ccc1Cl. The molecule has 0 atom stereocenters. The lowest BCUT2D eigenvalue weighted by Crippen LogP contribution is -2.27. The Labute approximate surface area is 191 Å². The quantitative estimate of drug-likeness (QED) is 0.532. The normalized spacial score (nSPS) is 15.6. The summed E-state index contributed by atoms with van der Waals surface area (Å²) in [4.78, 5) is 24.7. The molecule has 2 aliphatic rings. The predicted octanol–water partition coefficient (Wildman–Crippen LogP) is 5.62. The summed E-state index contributed by atoms with van der Waals surface area (Å²) in [7, 11) is 0. The Kier molecular flexibility index (Phi) is 4.94. The van der Waals surface area contributed by atoms with Gasteiger partial charge in [-0.05, 0) is 78.4 Å². The van der Waals surface area contributed by atoms with Gasteiger partial charge in [-0.1, -0.05) is 29.8 Å². The van der Waals surface area contributed by atoms with E-state index >= 15 is 0 Å². The van der Waals surface area contributed by atoms with E-state index in [4.69, 9.17) is 16.3 Å². The van der Waals surface area contributed by atoms with E-state index in [1.54, 1.807) is 12.1 Å². The van der Waals surface area contributed by atoms with Crippen LogP contribution in [0.2, 0.25) is 5.02 Å². The van der Waals surface area contributed by atoms with Crippen molar-refractivity contribution in [2.45, 2.75) is 31.6 Å². The van der Waals surface area contributed by atoms with Gasteiger partial charge in [0.1, 0.15) is 5.75 Å². The average molecular weight is 448 g/mol. The Morgan fingerprint density at radius 1 is 1.03 bits per heavy atom. The number of ether oxygens (including phenoxy) is 1. The summed E-state index contributed by atoms with van der Waals surface area (Å²) in [5.74, 6) is -0.134. The van der Waals surface area contributed by atoms with Crippen LogP contribution in [0.5, 0.6) is 5.75 Å². The van der Waals surface area contributed by atoms with Crippen molar-refractivity contribution in [2.24, 2.45) is 0 Å². The van der Waals surface area contributed by atoms with Crippen molar-refractivity contribution in [3.63, 3.8) is 0 Å². The minimum Gasteiger partial charge on any atom is -0.493 e. The highest BCUT2D eigenvalue weighted by molar-refractivity contribution is 6.33. The number of amides is 1. The number of rotatable bonds is 5. The number of aryl methyl sites for hydroxylation is 1. The van der Waals surface area contributed by atoms with Crippen molar-refractivity contribution in [3.8, 4) is 16.9 Å². The molecule has 0 aromatic heterocycles. The van der Waals surface area contributed by atoms with E-state index in [1.165, 1.54) is 6.07 Å². The summed E-state index contributed by atoms with van der Waals surface area (Å²) >= 11 is 6.38. The molecule has 0 saturated heterocycles. The van der Waals surface area contributed by atoms with Crippen molar-refractivity contribution in [3.05, 3.63) is 81.9 Å². The van der Waals surface area contributed by atoms with Gasteiger partial charge in [0.15, 0.2) is 0 Å². The van der Waals surface area contributed by atoms with Crippen LogP contribution in [0.25, 0.3) is 11.1 Å². The molecule has 3 aromatic rings. The first-order valence-electron chi connectivity index (χ1n) is 10.6. The molecule has 5 rings (SSSR count). The van der Waals surface area contributed by atoms with E-state index in [0.717, 1.165) is 47.3 Å². The summed E-state index contributed by atoms with van der Waals surface area (Å²) in [6, 6.07) is 16.3. The van der Waals surface area contributed by atoms with Crippen molar-refractivity contribution < 1.29 is 19.4 Å². The molecule has 0 radical (unpaired) electrons. The van der Waals surface area contributed by atoms with E-state index in [1.807, 2.05) is 37.3 Å². The second kappa shape index (κ2) is 7.68. The number of benzene rings is 3. The van der Waals surface area contributed by atoms with Crippen molar-refractivity contribution >= 4 is 29.2 Å². The molecule has 1 aliphatic heterocycles. The molecular formula is C26H22ClNO4. The molecule has 32 heavy (non-hydrogen) atoms. The van der Waals surface area contributed by atoms with Crippen LogP contribution in [0.4, 0.5) is 5.69 Å². The Bertz CT molecular complexity index is 1260. The van der Waals surface area contributed by atoms with Gasteiger partial charge >= 0.3 is 5.97 Å². The van der Waals surface area contributed by atoms with Gasteiger partial charge in [-0.15, -0.1) is 0 Å². The van der Waals surface area contributed by atoms with Crippen molar-refractivity contribution in [1.29, 1.82) is 0 Å². The summed E-state index contributed by atoms with van der Waals surface area (Å²) in [5.41, 5.74) is 4.85. The van der Waals surface area contributed by atoms with E-state index in [9.17, 15) is 14.7 Å². The molecule has 1 saturated carbocycles. The van der Waals surface area contributed by atoms with Gasteiger partial charge < -0.3 is 15.2 Å². The molecule has 5 nitrogen and oxygen atoms in total. The van der Waals surface area contributed by atoms with Gasteiger partial charge in [-0.2, -0.15) is 0 Å². The average Bonchev–Trinajstić information content (AvgIpc) is 3.46. The first-order valence-corrected chi connectivity index (χ1v) is 11.0. The fraction of sp³-hybridized carbons (Fsp3) is 0.231. The highest BCUT2D eigenvalue weighted by Crippen LogP contribution is 2.50. The van der Waals surface area contributed by atoms with E-state index in [2.05, 4.69) is 11.4 Å². The molecule has 6 heteroatoms. The molecule has 3 aromatic carbocycles. The zero-order valence-corrected chi connectivity index (χ0v) is 18.3. The van der Waals surface area contributed by atoms with Gasteiger partial charge in [0.25, 0.3) is 0 Å². The summed E-state index contributed by atoms with van der Waals surface area (Å²) in [6.45, 7) is 2.62. The highest BCUT2D eigenvalue weighted by atomic mass is 35.5. The lowest BCUT2D eigenvalue weighted by atomic mass is 9.92. The van der Waals surface area contributed by atoms with Gasteiger partial charge in [0, 0.05) is 22.7 Å². The van der Waals surface area contributed by atoms with Crippen LogP contribution in [-0.4, -0.2) is 23.6 Å². The molecule has 2 N–H and O–H groups in total. The number of nitrogens with one attached hydrogen (secondary N) is 1. The maximum atomic E-state index is 13.3. The Morgan fingerprint density at radius 2 is 1.84 bits per heavy atom. The first kappa shape index (κ1) is 20.6. The monoisotopic (exact) mass is 447 g/mol. The smallest absolute Gasteiger partial charge is 0.335 e. The first-order chi connectivity index (χ1) is 15.4. The number of aromatic carboxylic acids is 1. The lowest BCUT2D eigenvalue weighted by molar-refractivity contribution is -0.118. The van der Waals surface area contributed by atoms with Crippen LogP contribution in [-0.2, 0) is 16.6 Å². The van der Waals surface area contributed by atoms with E-state index < -0.39 is 11.4 Å². The van der Waals surface area contributed by atoms with Crippen LogP contribution in [0.1, 0.15) is 39.9 Å². The second-order valence-electron chi connectivity index (χ2n) is 8.49. The number of anilines is 1. The number of halogens is 1. The number of carboxylic acid groups (broad SMARTS) is 1. The molecule has 1 aliphatic carbocycles. The minimum absolute atomic E-state index is 0.0310. The van der Waals surface area contributed by atoms with Crippen LogP contribution in [0, 0.1) is 6.92 Å². The van der Waals surface area contributed by atoms with Crippen LogP contribution in [0.3, 0.4) is 0 Å². The van der Waals surface area contributed by atoms with Gasteiger partial charge in [-0.3, -0.25) is 4.79 Å². The molecular weight excluding hydrogens is 426 g/mol. The van der Waals surface area contributed by atoms with E-state index in [-0.39, 0.29) is 11.5 Å². The van der Waals surface area contributed by atoms with Crippen molar-refractivity contribution in [1.82, 2.24) is 0 Å². The van der Waals surface area contributed by atoms with Gasteiger partial charge in [0.05, 0.1) is 17.6 Å². The molecule has 0 bridgehead atoms. The fourth-order valence-electron chi connectivity index (χ4n) is 4.36. The third-order valence-electron chi connectivity index (χ3n) is 6.43. The van der Waals surface area contributed by atoms with E-state index in [0.29, 0.717) is 22.9 Å². The molecule has 162 valence electrons. The highest BCUT2D eigenvalue weighted by Gasteiger charge is 2.51. The van der Waals surface area contributed by atoms with Crippen LogP contribution >= 0.6 is 11.6 Å². The Balaban J connectivity index is 1.44. The number of carbonyl (C=O) groups excluding carboxylic acids is 1. The molecule has 0 spiro atoms. The largest absolute Gasteiger partial charge is 0.493 e. The zero-order valence-electron chi connectivity index (χ0n) is 17.6. The molecule has 1 heterocycles.